The number of para-hydroxylation sites is 2. The Kier molecular flexibility index (Phi) is 8.75. The molecule has 0 saturated carbocycles. The van der Waals surface area contributed by atoms with Crippen LogP contribution in [0.15, 0.2) is 243 Å². The van der Waals surface area contributed by atoms with E-state index in [1.807, 2.05) is 11.3 Å². The molecule has 13 rings (SSSR count). The molecule has 65 heavy (non-hydrogen) atoms. The molecule has 304 valence electrons. The maximum atomic E-state index is 2.39. The fourth-order valence-corrected chi connectivity index (χ4v) is 11.4. The Labute approximate surface area is 381 Å². The molecule has 0 bridgehead atoms. The summed E-state index contributed by atoms with van der Waals surface area (Å²) in [6.07, 6.45) is 0. The first kappa shape index (κ1) is 37.3. The van der Waals surface area contributed by atoms with Gasteiger partial charge in [-0.15, -0.1) is 11.3 Å². The van der Waals surface area contributed by atoms with Crippen LogP contribution in [0.4, 0.5) is 17.1 Å². The first-order valence-electron chi connectivity index (χ1n) is 22.2. The Morgan fingerprint density at radius 3 is 1.46 bits per heavy atom. The first-order chi connectivity index (χ1) is 32.2. The van der Waals surface area contributed by atoms with E-state index in [0.717, 1.165) is 22.7 Å². The van der Waals surface area contributed by atoms with Gasteiger partial charge in [0.1, 0.15) is 0 Å². The monoisotopic (exact) mass is 844 g/mol. The third-order valence-corrected chi connectivity index (χ3v) is 14.5. The average molecular weight is 845 g/mol. The lowest BCUT2D eigenvalue weighted by molar-refractivity contribution is 1.18. The number of fused-ring (bicyclic) bond motifs is 9. The molecule has 0 aliphatic rings. The van der Waals surface area contributed by atoms with Crippen LogP contribution >= 0.6 is 11.3 Å². The summed E-state index contributed by atoms with van der Waals surface area (Å²) in [5.41, 5.74) is 14.1. The molecule has 0 radical (unpaired) electrons. The molecule has 2 nitrogen and oxygen atoms in total. The summed E-state index contributed by atoms with van der Waals surface area (Å²) in [5.74, 6) is 0. The van der Waals surface area contributed by atoms with Crippen LogP contribution < -0.4 is 4.90 Å². The third kappa shape index (κ3) is 6.31. The zero-order valence-electron chi connectivity index (χ0n) is 35.4. The number of nitrogens with zero attached hydrogens (tertiary/aromatic N) is 2. The molecule has 2 heterocycles. The molecular formula is C62H40N2S. The van der Waals surface area contributed by atoms with Crippen molar-refractivity contribution < 1.29 is 0 Å². The Bertz CT molecular complexity index is 3880. The molecule has 11 aromatic carbocycles. The number of anilines is 3. The van der Waals surface area contributed by atoms with E-state index in [2.05, 4.69) is 252 Å². The number of rotatable bonds is 7. The van der Waals surface area contributed by atoms with Gasteiger partial charge in [-0.1, -0.05) is 176 Å². The number of aromatic nitrogens is 1. The van der Waals surface area contributed by atoms with Crippen molar-refractivity contribution in [1.82, 2.24) is 4.57 Å². The third-order valence-electron chi connectivity index (χ3n) is 13.2. The fourth-order valence-electron chi connectivity index (χ4n) is 9.99. The van der Waals surface area contributed by atoms with Crippen molar-refractivity contribution in [3.05, 3.63) is 243 Å². The Morgan fingerprint density at radius 1 is 0.292 bits per heavy atom. The van der Waals surface area contributed by atoms with Gasteiger partial charge in [0, 0.05) is 53.7 Å². The van der Waals surface area contributed by atoms with E-state index in [9.17, 15) is 0 Å². The summed E-state index contributed by atoms with van der Waals surface area (Å²) in [6.45, 7) is 0. The highest BCUT2D eigenvalue weighted by Gasteiger charge is 2.17. The summed E-state index contributed by atoms with van der Waals surface area (Å²) in [5, 5.41) is 10.3. The largest absolute Gasteiger partial charge is 0.311 e. The Morgan fingerprint density at radius 2 is 0.785 bits per heavy atom. The molecule has 2 aromatic heterocycles. The number of hydrogen-bond acceptors (Lipinski definition) is 2. The zero-order valence-corrected chi connectivity index (χ0v) is 36.2. The quantitative estimate of drug-likeness (QED) is 0.155. The highest BCUT2D eigenvalue weighted by Crippen LogP contribution is 2.44. The number of hydrogen-bond donors (Lipinski definition) is 0. The fraction of sp³-hybridized carbons (Fsp3) is 0. The summed E-state index contributed by atoms with van der Waals surface area (Å²) < 4.78 is 5.06. The predicted molar refractivity (Wildman–Crippen MR) is 280 cm³/mol. The summed E-state index contributed by atoms with van der Waals surface area (Å²) >= 11 is 1.91. The van der Waals surface area contributed by atoms with E-state index in [1.165, 1.54) is 96.9 Å². The van der Waals surface area contributed by atoms with Crippen LogP contribution in [-0.4, -0.2) is 4.57 Å². The van der Waals surface area contributed by atoms with E-state index in [-0.39, 0.29) is 0 Å². The molecule has 0 N–H and O–H groups in total. The van der Waals surface area contributed by atoms with Gasteiger partial charge in [0.25, 0.3) is 0 Å². The summed E-state index contributed by atoms with van der Waals surface area (Å²) in [6, 6.07) is 88.8. The van der Waals surface area contributed by atoms with Gasteiger partial charge in [-0.05, 0) is 122 Å². The SMILES string of the molecule is c1cc(-c2ccc(N(c3ccc(-c4ccc5ccccc5c4)cc3)c3ccc(-c4cccc5c4sc4c6ccccc6ccc54)cc3)cc2)cc(-n2c3ccccc3c3ccccc32)c1. The average Bonchev–Trinajstić information content (AvgIpc) is 3.94. The van der Waals surface area contributed by atoms with Gasteiger partial charge in [-0.2, -0.15) is 0 Å². The standard InChI is InChI=1S/C62H40N2S/c1-2-13-46-39-48(24-23-41(46)11-1)43-27-34-50(35-28-43)63(51-36-29-45(30-37-51)54-19-10-20-57-58-38-31-44-12-3-4-16-53(44)62(58)65-61(54)57)49-32-25-42(26-33-49)47-14-9-15-52(40-47)64-59-21-7-5-17-55(59)56-18-6-8-22-60(56)64/h1-40H. The minimum Gasteiger partial charge on any atom is -0.311 e. The van der Waals surface area contributed by atoms with Crippen molar-refractivity contribution in [2.45, 2.75) is 0 Å². The lowest BCUT2D eigenvalue weighted by Crippen LogP contribution is -2.09. The van der Waals surface area contributed by atoms with Crippen molar-refractivity contribution in [3.8, 4) is 39.1 Å². The van der Waals surface area contributed by atoms with Gasteiger partial charge in [0.15, 0.2) is 0 Å². The second kappa shape index (κ2) is 15.2. The minimum atomic E-state index is 1.09. The van der Waals surface area contributed by atoms with Gasteiger partial charge < -0.3 is 9.47 Å². The molecule has 0 unspecified atom stereocenters. The van der Waals surface area contributed by atoms with Gasteiger partial charge >= 0.3 is 0 Å². The summed E-state index contributed by atoms with van der Waals surface area (Å²) in [4.78, 5) is 2.37. The van der Waals surface area contributed by atoms with E-state index in [1.54, 1.807) is 0 Å². The Hall–Kier alpha value is -8.24. The minimum absolute atomic E-state index is 1.09. The van der Waals surface area contributed by atoms with E-state index >= 15 is 0 Å². The highest BCUT2D eigenvalue weighted by atomic mass is 32.1. The van der Waals surface area contributed by atoms with E-state index in [4.69, 9.17) is 0 Å². The predicted octanol–water partition coefficient (Wildman–Crippen LogP) is 17.9. The second-order valence-electron chi connectivity index (χ2n) is 16.9. The van der Waals surface area contributed by atoms with Gasteiger partial charge in [0.05, 0.1) is 11.0 Å². The molecule has 0 atom stereocenters. The molecule has 0 amide bonds. The maximum Gasteiger partial charge on any atom is 0.0541 e. The smallest absolute Gasteiger partial charge is 0.0541 e. The van der Waals surface area contributed by atoms with Crippen molar-refractivity contribution in [2.24, 2.45) is 0 Å². The number of thiophene rings is 1. The van der Waals surface area contributed by atoms with Crippen LogP contribution in [0, 0.1) is 0 Å². The van der Waals surface area contributed by atoms with Crippen LogP contribution in [-0.2, 0) is 0 Å². The van der Waals surface area contributed by atoms with Gasteiger partial charge in [-0.25, -0.2) is 0 Å². The van der Waals surface area contributed by atoms with Gasteiger partial charge in [0.2, 0.25) is 0 Å². The molecule has 0 aliphatic carbocycles. The van der Waals surface area contributed by atoms with Crippen LogP contribution in [0.25, 0.3) is 103 Å². The lowest BCUT2D eigenvalue weighted by atomic mass is 10.00. The molecule has 0 saturated heterocycles. The zero-order chi connectivity index (χ0) is 42.8. The number of benzene rings is 11. The summed E-state index contributed by atoms with van der Waals surface area (Å²) in [7, 11) is 0. The molecule has 0 aliphatic heterocycles. The first-order valence-corrected chi connectivity index (χ1v) is 23.1. The van der Waals surface area contributed by atoms with Crippen LogP contribution in [0.2, 0.25) is 0 Å². The Balaban J connectivity index is 0.886. The molecular weight excluding hydrogens is 805 g/mol. The van der Waals surface area contributed by atoms with Crippen molar-refractivity contribution in [2.75, 3.05) is 4.90 Å². The van der Waals surface area contributed by atoms with Crippen LogP contribution in [0.1, 0.15) is 0 Å². The van der Waals surface area contributed by atoms with Crippen molar-refractivity contribution >= 4 is 91.9 Å². The highest BCUT2D eigenvalue weighted by molar-refractivity contribution is 7.27. The maximum absolute atomic E-state index is 2.39. The lowest BCUT2D eigenvalue weighted by Gasteiger charge is -2.26. The topological polar surface area (TPSA) is 8.17 Å². The van der Waals surface area contributed by atoms with Crippen LogP contribution in [0.3, 0.4) is 0 Å². The normalized spacial score (nSPS) is 11.7. The van der Waals surface area contributed by atoms with E-state index < -0.39 is 0 Å². The van der Waals surface area contributed by atoms with Crippen LogP contribution in [0.5, 0.6) is 0 Å². The molecule has 3 heteroatoms. The van der Waals surface area contributed by atoms with E-state index in [0.29, 0.717) is 0 Å². The van der Waals surface area contributed by atoms with Crippen molar-refractivity contribution in [3.63, 3.8) is 0 Å². The molecule has 0 fully saturated rings. The molecule has 0 spiro atoms. The van der Waals surface area contributed by atoms with Gasteiger partial charge in [-0.3, -0.25) is 0 Å². The van der Waals surface area contributed by atoms with Crippen molar-refractivity contribution in [1.29, 1.82) is 0 Å². The second-order valence-corrected chi connectivity index (χ2v) is 17.9. The molecule has 13 aromatic rings.